The molecule has 0 spiro atoms. The molecule has 3 aromatic carbocycles. The van der Waals surface area contributed by atoms with E-state index < -0.39 is 26.2 Å². The number of benzene rings is 3. The van der Waals surface area contributed by atoms with Gasteiger partial charge < -0.3 is 13.9 Å². The van der Waals surface area contributed by atoms with Crippen molar-refractivity contribution in [1.82, 2.24) is 0 Å². The molecule has 1 aliphatic carbocycles. The number of methoxy groups -OCH3 is 2. The molecule has 0 aliphatic heterocycles. The lowest BCUT2D eigenvalue weighted by Gasteiger charge is -2.44. The predicted molar refractivity (Wildman–Crippen MR) is 161 cm³/mol. The summed E-state index contributed by atoms with van der Waals surface area (Å²) in [5.41, 5.74) is 2.19. The fourth-order valence-electron chi connectivity index (χ4n) is 6.03. The van der Waals surface area contributed by atoms with Crippen LogP contribution in [0.4, 0.5) is 0 Å². The third kappa shape index (κ3) is 5.92. The van der Waals surface area contributed by atoms with E-state index in [0.29, 0.717) is 0 Å². The minimum absolute atomic E-state index is 0.181. The largest absolute Gasteiger partial charge is 0.537 e. The van der Waals surface area contributed by atoms with Gasteiger partial charge in [-0.2, -0.15) is 0 Å². The van der Waals surface area contributed by atoms with Crippen molar-refractivity contribution in [2.24, 2.45) is 5.92 Å². The van der Waals surface area contributed by atoms with Gasteiger partial charge in [0.15, 0.2) is 5.92 Å². The normalized spacial score (nSPS) is 14.7. The van der Waals surface area contributed by atoms with Gasteiger partial charge in [-0.25, -0.2) is 0 Å². The Morgan fingerprint density at radius 1 is 0.750 bits per heavy atom. The van der Waals surface area contributed by atoms with Crippen LogP contribution in [-0.2, 0) is 23.5 Å². The molecule has 1 aliphatic rings. The fraction of sp³-hybridized carbons (Fsp3) is 0.353. The molecule has 0 aromatic heterocycles. The van der Waals surface area contributed by atoms with E-state index in [1.54, 1.807) is 0 Å². The van der Waals surface area contributed by atoms with Crippen LogP contribution in [0.5, 0.6) is 0 Å². The highest BCUT2D eigenvalue weighted by Gasteiger charge is 2.53. The first-order chi connectivity index (χ1) is 19.2. The van der Waals surface area contributed by atoms with Gasteiger partial charge in [0.25, 0.3) is 0 Å². The fourth-order valence-corrected chi connectivity index (χ4v) is 10.6. The van der Waals surface area contributed by atoms with Gasteiger partial charge in [0.1, 0.15) is 0 Å². The third-order valence-electron chi connectivity index (χ3n) is 7.97. The van der Waals surface area contributed by atoms with Crippen molar-refractivity contribution >= 4 is 30.6 Å². The summed E-state index contributed by atoms with van der Waals surface area (Å²) in [7, 11) is -0.226. The van der Waals surface area contributed by atoms with E-state index in [4.69, 9.17) is 13.9 Å². The molecule has 5 nitrogen and oxygen atoms in total. The van der Waals surface area contributed by atoms with Crippen molar-refractivity contribution in [2.45, 2.75) is 57.4 Å². The molecule has 0 radical (unpaired) electrons. The van der Waals surface area contributed by atoms with Crippen molar-refractivity contribution in [3.05, 3.63) is 108 Å². The number of esters is 2. The summed E-state index contributed by atoms with van der Waals surface area (Å²) >= 11 is 0. The lowest BCUT2D eigenvalue weighted by atomic mass is 9.82. The lowest BCUT2D eigenvalue weighted by molar-refractivity contribution is -0.159. The zero-order valence-electron chi connectivity index (χ0n) is 24.2. The second-order valence-electron chi connectivity index (χ2n) is 11.4. The molecule has 0 saturated heterocycles. The minimum Gasteiger partial charge on any atom is -0.537 e. The predicted octanol–water partition coefficient (Wildman–Crippen LogP) is 6.14. The van der Waals surface area contributed by atoms with Gasteiger partial charge in [-0.1, -0.05) is 112 Å². The van der Waals surface area contributed by atoms with Crippen molar-refractivity contribution in [3.63, 3.8) is 0 Å². The van der Waals surface area contributed by atoms with E-state index in [1.165, 1.54) is 24.6 Å². The van der Waals surface area contributed by atoms with Crippen molar-refractivity contribution in [3.8, 4) is 0 Å². The molecule has 0 fully saturated rings. The van der Waals surface area contributed by atoms with Gasteiger partial charge in [0.2, 0.25) is 0 Å². The van der Waals surface area contributed by atoms with Crippen molar-refractivity contribution < 1.29 is 23.5 Å². The van der Waals surface area contributed by atoms with E-state index in [9.17, 15) is 9.59 Å². The van der Waals surface area contributed by atoms with Gasteiger partial charge >= 0.3 is 20.3 Å². The van der Waals surface area contributed by atoms with Crippen molar-refractivity contribution in [1.29, 1.82) is 0 Å². The topological polar surface area (TPSA) is 61.8 Å². The molecule has 0 amide bonds. The molecule has 1 atom stereocenters. The SMILES string of the molecule is COC(=O)C(CC(C1=C(O[Si](c2ccccc2)(c2ccccc2)C(C)(C)C)CCC1)c1ccccc1)C(=O)OC. The van der Waals surface area contributed by atoms with E-state index in [-0.39, 0.29) is 17.4 Å². The first-order valence-corrected chi connectivity index (χ1v) is 15.9. The summed E-state index contributed by atoms with van der Waals surface area (Å²) in [6.45, 7) is 6.81. The van der Waals surface area contributed by atoms with Gasteiger partial charge in [-0.3, -0.25) is 9.59 Å². The Morgan fingerprint density at radius 2 is 1.23 bits per heavy atom. The van der Waals surface area contributed by atoms with Crippen LogP contribution in [0.3, 0.4) is 0 Å². The molecule has 0 heterocycles. The molecule has 0 saturated carbocycles. The quantitative estimate of drug-likeness (QED) is 0.171. The van der Waals surface area contributed by atoms with Crippen LogP contribution in [0, 0.1) is 5.92 Å². The molecule has 6 heteroatoms. The number of hydrogen-bond acceptors (Lipinski definition) is 5. The molecule has 0 bridgehead atoms. The highest BCUT2D eigenvalue weighted by Crippen LogP contribution is 2.45. The number of carbonyl (C=O) groups excluding carboxylic acids is 2. The standard InChI is InChI=1S/C34H40O5Si/c1-34(2,3)40(26-18-11-7-12-19-26,27-20-13-8-14-21-27)39-31-23-15-22-28(31)29(25-16-9-6-10-17-25)24-30(32(35)37-4)33(36)38-5/h6-14,16-21,29-30H,15,22-24H2,1-5H3. The minimum atomic E-state index is -2.84. The number of hydrogen-bond donors (Lipinski definition) is 0. The van der Waals surface area contributed by atoms with Crippen LogP contribution in [0.15, 0.2) is 102 Å². The maximum atomic E-state index is 12.7. The molecule has 4 rings (SSSR count). The number of carbonyl (C=O) groups is 2. The number of ether oxygens (including phenoxy) is 2. The average Bonchev–Trinajstić information content (AvgIpc) is 3.44. The summed E-state index contributed by atoms with van der Waals surface area (Å²) < 4.78 is 17.5. The molecule has 1 unspecified atom stereocenters. The van der Waals surface area contributed by atoms with Crippen LogP contribution in [-0.4, -0.2) is 34.5 Å². The van der Waals surface area contributed by atoms with Crippen LogP contribution in [0.25, 0.3) is 0 Å². The second-order valence-corrected chi connectivity index (χ2v) is 15.6. The zero-order chi connectivity index (χ0) is 28.8. The number of rotatable bonds is 10. The molecular formula is C34H40O5Si. The molecule has 40 heavy (non-hydrogen) atoms. The van der Waals surface area contributed by atoms with E-state index in [2.05, 4.69) is 81.4 Å². The zero-order valence-corrected chi connectivity index (χ0v) is 25.2. The summed E-state index contributed by atoms with van der Waals surface area (Å²) in [5.74, 6) is -1.40. The van der Waals surface area contributed by atoms with Gasteiger partial charge in [0.05, 0.1) is 20.0 Å². The monoisotopic (exact) mass is 556 g/mol. The van der Waals surface area contributed by atoms with Crippen LogP contribution in [0.2, 0.25) is 5.04 Å². The second kappa shape index (κ2) is 12.7. The first kappa shape index (κ1) is 29.3. The maximum Gasteiger partial charge on any atom is 0.320 e. The summed E-state index contributed by atoms with van der Waals surface area (Å²) in [6, 6.07) is 31.3. The highest BCUT2D eigenvalue weighted by molar-refractivity contribution is 6.99. The summed E-state index contributed by atoms with van der Waals surface area (Å²) in [4.78, 5) is 25.5. The van der Waals surface area contributed by atoms with Gasteiger partial charge in [-0.15, -0.1) is 0 Å². The average molecular weight is 557 g/mol. The Hall–Kier alpha value is -3.64. The van der Waals surface area contributed by atoms with Crippen LogP contribution < -0.4 is 10.4 Å². The Balaban J connectivity index is 1.89. The Kier molecular flexibility index (Phi) is 9.31. The van der Waals surface area contributed by atoms with Gasteiger partial charge in [0, 0.05) is 12.3 Å². The van der Waals surface area contributed by atoms with E-state index in [0.717, 1.165) is 36.2 Å². The summed E-state index contributed by atoms with van der Waals surface area (Å²) in [5, 5.41) is 2.25. The molecule has 210 valence electrons. The number of allylic oxidation sites excluding steroid dienone is 2. The summed E-state index contributed by atoms with van der Waals surface area (Å²) in [6.07, 6.45) is 2.85. The molecule has 0 N–H and O–H groups in total. The van der Waals surface area contributed by atoms with Gasteiger partial charge in [-0.05, 0) is 45.8 Å². The van der Waals surface area contributed by atoms with E-state index in [1.807, 2.05) is 30.3 Å². The van der Waals surface area contributed by atoms with E-state index >= 15 is 0 Å². The van der Waals surface area contributed by atoms with Crippen molar-refractivity contribution in [2.75, 3.05) is 14.2 Å². The molecule has 3 aromatic rings. The Bertz CT molecular complexity index is 1260. The maximum absolute atomic E-state index is 12.7. The lowest BCUT2D eigenvalue weighted by Crippen LogP contribution is -2.66. The van der Waals surface area contributed by atoms with Crippen LogP contribution in [0.1, 0.15) is 57.9 Å². The van der Waals surface area contributed by atoms with Crippen LogP contribution >= 0.6 is 0 Å². The highest BCUT2D eigenvalue weighted by atomic mass is 28.4. The smallest absolute Gasteiger partial charge is 0.320 e. The Labute approximate surface area is 239 Å². The first-order valence-electron chi connectivity index (χ1n) is 14.0. The molecular weight excluding hydrogens is 516 g/mol. The third-order valence-corrected chi connectivity index (χ3v) is 12.9. The Morgan fingerprint density at radius 3 is 1.68 bits per heavy atom.